The first-order chi connectivity index (χ1) is 18.0. The molecule has 2 aliphatic heterocycles. The van der Waals surface area contributed by atoms with E-state index in [1.165, 1.54) is 4.90 Å². The summed E-state index contributed by atoms with van der Waals surface area (Å²) in [6.45, 7) is 3.22. The lowest BCUT2D eigenvalue weighted by atomic mass is 9.94. The van der Waals surface area contributed by atoms with Gasteiger partial charge in [0, 0.05) is 11.1 Å². The van der Waals surface area contributed by atoms with E-state index < -0.39 is 17.7 Å². The predicted octanol–water partition coefficient (Wildman–Crippen LogP) is 5.04. The molecule has 0 spiro atoms. The number of ketones is 1. The summed E-state index contributed by atoms with van der Waals surface area (Å²) in [6.07, 6.45) is 1.70. The highest BCUT2D eigenvalue weighted by Gasteiger charge is 2.46. The Morgan fingerprint density at radius 3 is 2.62 bits per heavy atom. The fourth-order valence-electron chi connectivity index (χ4n) is 4.98. The third kappa shape index (κ3) is 4.65. The summed E-state index contributed by atoms with van der Waals surface area (Å²) in [5.41, 5.74) is 2.96. The number of likely N-dealkylation sites (tertiary alicyclic amines) is 1. The number of carbonyl (C=O) groups is 2. The zero-order chi connectivity index (χ0) is 25.9. The van der Waals surface area contributed by atoms with Gasteiger partial charge in [-0.1, -0.05) is 30.3 Å². The molecule has 1 atom stereocenters. The zero-order valence-electron chi connectivity index (χ0n) is 20.9. The molecule has 5 rings (SSSR count). The second-order valence-corrected chi connectivity index (χ2v) is 9.02. The van der Waals surface area contributed by atoms with E-state index in [4.69, 9.17) is 14.2 Å². The van der Waals surface area contributed by atoms with Crippen LogP contribution in [0.25, 0.3) is 5.76 Å². The van der Waals surface area contributed by atoms with Crippen LogP contribution in [0.3, 0.4) is 0 Å². The fraction of sp³-hybridized carbons (Fsp3) is 0.267. The maximum absolute atomic E-state index is 13.4. The first-order valence-corrected chi connectivity index (χ1v) is 12.4. The molecule has 0 saturated carbocycles. The summed E-state index contributed by atoms with van der Waals surface area (Å²) in [5.74, 6) is 0.482. The standard InChI is InChI=1S/C30H29NO6/c1-3-36-23-13-10-19(11-14-23)27-26(28(32)21-12-15-25-20(17-21)8-6-16-37-25)29(33)30(34)31(27)18-22-7-4-5-9-24(22)35-2/h4-5,7,9-15,17,27,32H,3,6,8,16,18H2,1-2H3/b28-26-. The van der Waals surface area contributed by atoms with Gasteiger partial charge in [0.2, 0.25) is 0 Å². The van der Waals surface area contributed by atoms with Gasteiger partial charge in [0.05, 0.1) is 38.5 Å². The maximum atomic E-state index is 13.4. The van der Waals surface area contributed by atoms with Gasteiger partial charge < -0.3 is 24.2 Å². The second kappa shape index (κ2) is 10.4. The number of Topliss-reactive ketones (excluding diaryl/α,β-unsaturated/α-hetero) is 1. The Hall–Kier alpha value is -4.26. The van der Waals surface area contributed by atoms with Gasteiger partial charge in [0.1, 0.15) is 23.0 Å². The Labute approximate surface area is 215 Å². The topological polar surface area (TPSA) is 85.3 Å². The minimum absolute atomic E-state index is 0.0562. The highest BCUT2D eigenvalue weighted by molar-refractivity contribution is 6.46. The van der Waals surface area contributed by atoms with Gasteiger partial charge in [-0.3, -0.25) is 9.59 Å². The highest BCUT2D eigenvalue weighted by Crippen LogP contribution is 2.42. The quantitative estimate of drug-likeness (QED) is 0.279. The van der Waals surface area contributed by atoms with Crippen molar-refractivity contribution in [2.45, 2.75) is 32.4 Å². The number of hydrogen-bond acceptors (Lipinski definition) is 6. The summed E-state index contributed by atoms with van der Waals surface area (Å²) < 4.78 is 16.8. The van der Waals surface area contributed by atoms with E-state index in [0.717, 1.165) is 29.7 Å². The third-order valence-electron chi connectivity index (χ3n) is 6.76. The van der Waals surface area contributed by atoms with Gasteiger partial charge in [-0.2, -0.15) is 0 Å². The normalized spacial score (nSPS) is 18.3. The number of aryl methyl sites for hydroxylation is 1. The Bertz CT molecular complexity index is 1360. The Morgan fingerprint density at radius 1 is 1.08 bits per heavy atom. The van der Waals surface area contributed by atoms with Crippen LogP contribution in [-0.4, -0.2) is 42.0 Å². The van der Waals surface area contributed by atoms with Crippen molar-refractivity contribution in [2.75, 3.05) is 20.3 Å². The van der Waals surface area contributed by atoms with Crippen molar-refractivity contribution in [2.24, 2.45) is 0 Å². The molecule has 1 saturated heterocycles. The molecular formula is C30H29NO6. The summed E-state index contributed by atoms with van der Waals surface area (Å²) >= 11 is 0. The van der Waals surface area contributed by atoms with Crippen LogP contribution in [-0.2, 0) is 22.6 Å². The van der Waals surface area contributed by atoms with Crippen molar-refractivity contribution < 1.29 is 28.9 Å². The number of methoxy groups -OCH3 is 1. The largest absolute Gasteiger partial charge is 0.507 e. The number of para-hydroxylation sites is 1. The number of aliphatic hydroxyl groups is 1. The van der Waals surface area contributed by atoms with Crippen LogP contribution in [0.2, 0.25) is 0 Å². The first-order valence-electron chi connectivity index (χ1n) is 12.4. The van der Waals surface area contributed by atoms with Crippen molar-refractivity contribution in [1.82, 2.24) is 4.90 Å². The van der Waals surface area contributed by atoms with E-state index >= 15 is 0 Å². The van der Waals surface area contributed by atoms with Crippen molar-refractivity contribution in [3.05, 3.63) is 94.6 Å². The van der Waals surface area contributed by atoms with Crippen molar-refractivity contribution in [3.63, 3.8) is 0 Å². The van der Waals surface area contributed by atoms with Gasteiger partial charge in [-0.15, -0.1) is 0 Å². The molecule has 1 unspecified atom stereocenters. The van der Waals surface area contributed by atoms with Crippen LogP contribution < -0.4 is 14.2 Å². The van der Waals surface area contributed by atoms with E-state index in [0.29, 0.717) is 35.8 Å². The molecule has 0 aliphatic carbocycles. The van der Waals surface area contributed by atoms with E-state index in [-0.39, 0.29) is 17.9 Å². The molecule has 7 heteroatoms. The molecule has 1 fully saturated rings. The Kier molecular flexibility index (Phi) is 6.86. The van der Waals surface area contributed by atoms with E-state index in [2.05, 4.69) is 0 Å². The zero-order valence-corrected chi connectivity index (χ0v) is 20.9. The van der Waals surface area contributed by atoms with Crippen LogP contribution in [0.4, 0.5) is 0 Å². The molecule has 7 nitrogen and oxygen atoms in total. The van der Waals surface area contributed by atoms with Crippen LogP contribution in [0.1, 0.15) is 41.6 Å². The molecule has 1 N–H and O–H groups in total. The molecule has 1 amide bonds. The van der Waals surface area contributed by atoms with Gasteiger partial charge in [0.25, 0.3) is 11.7 Å². The molecule has 2 heterocycles. The average molecular weight is 500 g/mol. The highest BCUT2D eigenvalue weighted by atomic mass is 16.5. The van der Waals surface area contributed by atoms with Gasteiger partial charge in [-0.25, -0.2) is 0 Å². The molecule has 37 heavy (non-hydrogen) atoms. The molecule has 0 aromatic heterocycles. The van der Waals surface area contributed by atoms with Crippen molar-refractivity contribution in [3.8, 4) is 17.2 Å². The van der Waals surface area contributed by atoms with Gasteiger partial charge in [-0.05, 0) is 67.3 Å². The number of fused-ring (bicyclic) bond motifs is 1. The van der Waals surface area contributed by atoms with Crippen molar-refractivity contribution in [1.29, 1.82) is 0 Å². The number of aliphatic hydroxyl groups excluding tert-OH is 1. The fourth-order valence-corrected chi connectivity index (χ4v) is 4.98. The second-order valence-electron chi connectivity index (χ2n) is 9.02. The SMILES string of the molecule is CCOc1ccc(C2/C(=C(/O)c3ccc4c(c3)CCCO4)C(=O)C(=O)N2Cc2ccccc2OC)cc1. The summed E-state index contributed by atoms with van der Waals surface area (Å²) in [6, 6.07) is 19.2. The monoisotopic (exact) mass is 499 g/mol. The smallest absolute Gasteiger partial charge is 0.295 e. The van der Waals surface area contributed by atoms with Crippen LogP contribution in [0, 0.1) is 0 Å². The first kappa shape index (κ1) is 24.4. The summed E-state index contributed by atoms with van der Waals surface area (Å²) in [5, 5.41) is 11.5. The van der Waals surface area contributed by atoms with Crippen LogP contribution in [0.5, 0.6) is 17.2 Å². The number of carbonyl (C=O) groups excluding carboxylic acids is 2. The van der Waals surface area contributed by atoms with E-state index in [1.807, 2.05) is 49.4 Å². The number of amides is 1. The molecule has 3 aromatic carbocycles. The van der Waals surface area contributed by atoms with Crippen molar-refractivity contribution >= 4 is 17.4 Å². The number of ether oxygens (including phenoxy) is 3. The van der Waals surface area contributed by atoms with Gasteiger partial charge in [0.15, 0.2) is 0 Å². The molecule has 190 valence electrons. The Morgan fingerprint density at radius 2 is 1.86 bits per heavy atom. The predicted molar refractivity (Wildman–Crippen MR) is 139 cm³/mol. The molecule has 2 aliphatic rings. The molecule has 3 aromatic rings. The lowest BCUT2D eigenvalue weighted by Gasteiger charge is -2.26. The summed E-state index contributed by atoms with van der Waals surface area (Å²) in [7, 11) is 1.57. The third-order valence-corrected chi connectivity index (χ3v) is 6.76. The number of benzene rings is 3. The lowest BCUT2D eigenvalue weighted by molar-refractivity contribution is -0.140. The van der Waals surface area contributed by atoms with Crippen LogP contribution in [0.15, 0.2) is 72.3 Å². The van der Waals surface area contributed by atoms with Crippen LogP contribution >= 0.6 is 0 Å². The average Bonchev–Trinajstić information content (AvgIpc) is 3.18. The van der Waals surface area contributed by atoms with Gasteiger partial charge >= 0.3 is 0 Å². The molecule has 0 radical (unpaired) electrons. The maximum Gasteiger partial charge on any atom is 0.295 e. The number of nitrogens with zero attached hydrogens (tertiary/aromatic N) is 1. The number of rotatable bonds is 7. The van der Waals surface area contributed by atoms with E-state index in [1.54, 1.807) is 31.4 Å². The Balaban J connectivity index is 1.62. The minimum atomic E-state index is -0.784. The van der Waals surface area contributed by atoms with E-state index in [9.17, 15) is 14.7 Å². The number of hydrogen-bond donors (Lipinski definition) is 1. The minimum Gasteiger partial charge on any atom is -0.507 e. The molecule has 0 bridgehead atoms. The molecular weight excluding hydrogens is 470 g/mol. The summed E-state index contributed by atoms with van der Waals surface area (Å²) in [4.78, 5) is 28.3. The lowest BCUT2D eigenvalue weighted by Crippen LogP contribution is -2.29.